The van der Waals surface area contributed by atoms with E-state index in [-0.39, 0.29) is 6.04 Å². The molecule has 0 bridgehead atoms. The number of nitrogens with two attached hydrogens (primary N) is 1. The van der Waals surface area contributed by atoms with Crippen LogP contribution in [0.2, 0.25) is 0 Å². The molecule has 0 fully saturated rings. The van der Waals surface area contributed by atoms with Crippen molar-refractivity contribution < 1.29 is 4.58 Å². The van der Waals surface area contributed by atoms with Crippen molar-refractivity contribution in [3.8, 4) is 0 Å². The molecule has 2 aliphatic carbocycles. The molecule has 2 N–H and O–H groups in total. The summed E-state index contributed by atoms with van der Waals surface area (Å²) in [4.78, 5) is 2.51. The molecular formula is C19H22N3+. The third-order valence-corrected chi connectivity index (χ3v) is 4.73. The van der Waals surface area contributed by atoms with Gasteiger partial charge in [0, 0.05) is 17.3 Å². The Hall–Kier alpha value is -2.29. The summed E-state index contributed by atoms with van der Waals surface area (Å²) >= 11 is 0. The van der Waals surface area contributed by atoms with Gasteiger partial charge in [-0.15, -0.1) is 0 Å². The summed E-state index contributed by atoms with van der Waals surface area (Å²) in [5.41, 5.74) is 9.47. The van der Waals surface area contributed by atoms with Gasteiger partial charge in [0.2, 0.25) is 0 Å². The molecule has 0 spiro atoms. The molecule has 3 nitrogen and oxygen atoms in total. The Balaban J connectivity index is 1.79. The van der Waals surface area contributed by atoms with Crippen molar-refractivity contribution in [3.05, 3.63) is 71.8 Å². The van der Waals surface area contributed by atoms with Gasteiger partial charge in [-0.05, 0) is 42.9 Å². The van der Waals surface area contributed by atoms with E-state index in [1.165, 1.54) is 29.9 Å². The summed E-state index contributed by atoms with van der Waals surface area (Å²) in [5.74, 6) is 1.32. The highest BCUT2D eigenvalue weighted by molar-refractivity contribution is 5.99. The molecule has 0 aromatic carbocycles. The summed E-state index contributed by atoms with van der Waals surface area (Å²) in [5, 5.41) is 0. The van der Waals surface area contributed by atoms with Gasteiger partial charge in [-0.25, -0.2) is 9.48 Å². The lowest BCUT2D eigenvalue weighted by atomic mass is 9.94. The fraction of sp³-hybridized carbons (Fsp3) is 0.316. The molecule has 0 aromatic heterocycles. The molecule has 112 valence electrons. The van der Waals surface area contributed by atoms with Crippen molar-refractivity contribution in [2.45, 2.75) is 31.8 Å². The highest BCUT2D eigenvalue weighted by Crippen LogP contribution is 2.35. The molecule has 22 heavy (non-hydrogen) atoms. The summed E-state index contributed by atoms with van der Waals surface area (Å²) in [6, 6.07) is 0.620. The molecule has 3 heteroatoms. The van der Waals surface area contributed by atoms with Crippen LogP contribution in [0.15, 0.2) is 71.8 Å². The molecule has 0 aromatic rings. The van der Waals surface area contributed by atoms with Gasteiger partial charge in [-0.2, -0.15) is 0 Å². The largest absolute Gasteiger partial charge is 0.399 e. The van der Waals surface area contributed by atoms with Gasteiger partial charge in [-0.3, -0.25) is 0 Å². The van der Waals surface area contributed by atoms with Crippen LogP contribution < -0.4 is 5.73 Å². The van der Waals surface area contributed by atoms with Crippen LogP contribution in [0.5, 0.6) is 0 Å². The van der Waals surface area contributed by atoms with Gasteiger partial charge in [0.1, 0.15) is 6.04 Å². The fourth-order valence-corrected chi connectivity index (χ4v) is 3.68. The Morgan fingerprint density at radius 1 is 1.14 bits per heavy atom. The third-order valence-electron chi connectivity index (χ3n) is 4.73. The first-order valence-corrected chi connectivity index (χ1v) is 8.14. The normalized spacial score (nSPS) is 28.0. The second-order valence-electron chi connectivity index (χ2n) is 6.17. The van der Waals surface area contributed by atoms with Crippen molar-refractivity contribution >= 4 is 5.71 Å². The van der Waals surface area contributed by atoms with E-state index in [4.69, 9.17) is 5.73 Å². The van der Waals surface area contributed by atoms with Gasteiger partial charge in [0.25, 0.3) is 5.82 Å². The first-order valence-electron chi connectivity index (χ1n) is 8.14. The van der Waals surface area contributed by atoms with Gasteiger partial charge in [0.05, 0.1) is 6.54 Å². The topological polar surface area (TPSA) is 32.3 Å². The van der Waals surface area contributed by atoms with Crippen LogP contribution in [0.3, 0.4) is 0 Å². The van der Waals surface area contributed by atoms with Crippen LogP contribution in [-0.4, -0.2) is 33.8 Å². The molecule has 2 heterocycles. The van der Waals surface area contributed by atoms with Crippen molar-refractivity contribution in [1.82, 2.24) is 4.90 Å². The third kappa shape index (κ3) is 1.92. The molecule has 0 saturated carbocycles. The monoisotopic (exact) mass is 292 g/mol. The SMILES string of the molecule is CCCC[N+]1=C2C=CC=CC2N2C1=CC=C1C=C(N)C=CC12. The zero-order chi connectivity index (χ0) is 15.1. The van der Waals surface area contributed by atoms with Crippen LogP contribution >= 0.6 is 0 Å². The van der Waals surface area contributed by atoms with Crippen LogP contribution in [0.25, 0.3) is 0 Å². The van der Waals surface area contributed by atoms with Gasteiger partial charge >= 0.3 is 0 Å². The Kier molecular flexibility index (Phi) is 3.14. The Labute approximate surface area is 131 Å². The predicted molar refractivity (Wildman–Crippen MR) is 90.3 cm³/mol. The van der Waals surface area contributed by atoms with Crippen molar-refractivity contribution in [2.75, 3.05) is 6.54 Å². The Morgan fingerprint density at radius 3 is 2.91 bits per heavy atom. The maximum absolute atomic E-state index is 5.96. The van der Waals surface area contributed by atoms with Crippen molar-refractivity contribution in [3.63, 3.8) is 0 Å². The second-order valence-corrected chi connectivity index (χ2v) is 6.17. The smallest absolute Gasteiger partial charge is 0.278 e. The van der Waals surface area contributed by atoms with E-state index in [2.05, 4.69) is 65.0 Å². The summed E-state index contributed by atoms with van der Waals surface area (Å²) in [7, 11) is 0. The average molecular weight is 292 g/mol. The first kappa shape index (κ1) is 13.4. The summed E-state index contributed by atoms with van der Waals surface area (Å²) in [6.45, 7) is 3.33. The lowest BCUT2D eigenvalue weighted by Crippen LogP contribution is -2.43. The Morgan fingerprint density at radius 2 is 2.05 bits per heavy atom. The van der Waals surface area contributed by atoms with Crippen molar-refractivity contribution in [1.29, 1.82) is 0 Å². The maximum atomic E-state index is 5.96. The lowest BCUT2D eigenvalue weighted by molar-refractivity contribution is -0.484. The zero-order valence-corrected chi connectivity index (χ0v) is 12.9. The fourth-order valence-electron chi connectivity index (χ4n) is 3.68. The second kappa shape index (κ2) is 5.16. The number of fused-ring (bicyclic) bond motifs is 5. The number of nitrogens with zero attached hydrogens (tertiary/aromatic N) is 2. The molecule has 2 aliphatic heterocycles. The highest BCUT2D eigenvalue weighted by Gasteiger charge is 2.47. The van der Waals surface area contributed by atoms with Crippen LogP contribution in [0, 0.1) is 0 Å². The van der Waals surface area contributed by atoms with Crippen LogP contribution in [0.1, 0.15) is 19.8 Å². The molecular weight excluding hydrogens is 270 g/mol. The number of hydrogen-bond donors (Lipinski definition) is 1. The van der Waals surface area contributed by atoms with E-state index in [0.717, 1.165) is 12.2 Å². The van der Waals surface area contributed by atoms with Gasteiger partial charge in [-0.1, -0.05) is 25.5 Å². The highest BCUT2D eigenvalue weighted by atomic mass is 15.4. The summed E-state index contributed by atoms with van der Waals surface area (Å²) < 4.78 is 2.48. The summed E-state index contributed by atoms with van der Waals surface area (Å²) in [6.07, 6.45) is 22.1. The van der Waals surface area contributed by atoms with Crippen LogP contribution in [0.4, 0.5) is 0 Å². The zero-order valence-electron chi connectivity index (χ0n) is 12.9. The van der Waals surface area contributed by atoms with Crippen molar-refractivity contribution in [2.24, 2.45) is 5.73 Å². The van der Waals surface area contributed by atoms with E-state index >= 15 is 0 Å². The molecule has 4 aliphatic rings. The number of hydrogen-bond acceptors (Lipinski definition) is 2. The van der Waals surface area contributed by atoms with E-state index in [9.17, 15) is 0 Å². The number of rotatable bonds is 3. The lowest BCUT2D eigenvalue weighted by Gasteiger charge is -2.30. The van der Waals surface area contributed by atoms with E-state index in [1.54, 1.807) is 0 Å². The van der Waals surface area contributed by atoms with E-state index < -0.39 is 0 Å². The molecule has 2 atom stereocenters. The molecule has 0 saturated heterocycles. The average Bonchev–Trinajstić information content (AvgIpc) is 2.86. The molecule has 4 rings (SSSR count). The maximum Gasteiger partial charge on any atom is 0.278 e. The minimum atomic E-state index is 0.287. The quantitative estimate of drug-likeness (QED) is 0.811. The minimum absolute atomic E-state index is 0.287. The van der Waals surface area contributed by atoms with E-state index in [1.807, 2.05) is 6.08 Å². The van der Waals surface area contributed by atoms with Crippen LogP contribution in [-0.2, 0) is 0 Å². The minimum Gasteiger partial charge on any atom is -0.399 e. The standard InChI is InChI=1S/C19H22N3/c1-2-3-12-21-17-6-4-5-7-18(17)22-16-10-9-15(20)13-14(16)8-11-19(21)22/h4-11,13,16,18H,2-3,12,20H2,1H3/q+1. The number of allylic oxidation sites excluding steroid dienone is 5. The first-order chi connectivity index (χ1) is 10.8. The van der Waals surface area contributed by atoms with Gasteiger partial charge in [0.15, 0.2) is 11.8 Å². The predicted octanol–water partition coefficient (Wildman–Crippen LogP) is 2.61. The van der Waals surface area contributed by atoms with Gasteiger partial charge < -0.3 is 5.73 Å². The van der Waals surface area contributed by atoms with E-state index in [0.29, 0.717) is 6.04 Å². The Bertz CT molecular complexity index is 713. The molecule has 0 amide bonds. The number of unbranched alkanes of at least 4 members (excludes halogenated alkanes) is 1. The molecule has 2 unspecified atom stereocenters. The molecule has 0 radical (unpaired) electrons.